The van der Waals surface area contributed by atoms with E-state index in [0.29, 0.717) is 17.9 Å². The summed E-state index contributed by atoms with van der Waals surface area (Å²) in [5.74, 6) is 0.504. The molecule has 5 rings (SSSR count). The molecular formula is C31H26F3NO2. The number of nitrogens with zero attached hydrogens (tertiary/aromatic N) is 1. The summed E-state index contributed by atoms with van der Waals surface area (Å²) in [6.45, 7) is 2.49. The van der Waals surface area contributed by atoms with Crippen molar-refractivity contribution in [1.29, 1.82) is 0 Å². The molecule has 0 amide bonds. The van der Waals surface area contributed by atoms with Gasteiger partial charge in [-0.15, -0.1) is 13.2 Å². The summed E-state index contributed by atoms with van der Waals surface area (Å²) in [5.41, 5.74) is 6.06. The molecule has 37 heavy (non-hydrogen) atoms. The number of hydrogen-bond donors (Lipinski definition) is 0. The zero-order valence-electron chi connectivity index (χ0n) is 20.5. The van der Waals surface area contributed by atoms with Crippen LogP contribution < -0.4 is 9.47 Å². The molecule has 1 aromatic heterocycles. The van der Waals surface area contributed by atoms with Gasteiger partial charge in [0.1, 0.15) is 11.5 Å². The lowest BCUT2D eigenvalue weighted by molar-refractivity contribution is -0.274. The van der Waals surface area contributed by atoms with Crippen molar-refractivity contribution < 1.29 is 22.6 Å². The number of halogens is 3. The van der Waals surface area contributed by atoms with E-state index in [1.165, 1.54) is 6.07 Å². The van der Waals surface area contributed by atoms with Gasteiger partial charge in [0.15, 0.2) is 0 Å². The van der Waals surface area contributed by atoms with Gasteiger partial charge in [-0.05, 0) is 59.0 Å². The minimum Gasteiger partial charge on any atom is -0.497 e. The first-order valence-corrected chi connectivity index (χ1v) is 12.0. The first-order valence-electron chi connectivity index (χ1n) is 12.0. The predicted octanol–water partition coefficient (Wildman–Crippen LogP) is 8.16. The largest absolute Gasteiger partial charge is 0.573 e. The highest BCUT2D eigenvalue weighted by Gasteiger charge is 2.33. The number of ether oxygens (including phenoxy) is 2. The van der Waals surface area contributed by atoms with Crippen LogP contribution in [0.25, 0.3) is 22.0 Å². The molecule has 1 heterocycles. The lowest BCUT2D eigenvalue weighted by Crippen LogP contribution is -2.18. The van der Waals surface area contributed by atoms with Gasteiger partial charge < -0.3 is 14.0 Å². The van der Waals surface area contributed by atoms with E-state index in [2.05, 4.69) is 21.4 Å². The summed E-state index contributed by atoms with van der Waals surface area (Å²) in [5, 5.41) is 0.928. The Morgan fingerprint density at radius 3 is 2.22 bits per heavy atom. The third kappa shape index (κ3) is 5.33. The fourth-order valence-electron chi connectivity index (χ4n) is 4.82. The lowest BCUT2D eigenvalue weighted by atomic mass is 9.92. The van der Waals surface area contributed by atoms with E-state index < -0.39 is 6.36 Å². The van der Waals surface area contributed by atoms with Crippen LogP contribution in [-0.2, 0) is 13.0 Å². The maximum Gasteiger partial charge on any atom is 0.573 e. The Labute approximate surface area is 213 Å². The Kier molecular flexibility index (Phi) is 6.66. The van der Waals surface area contributed by atoms with Gasteiger partial charge >= 0.3 is 6.36 Å². The highest BCUT2D eigenvalue weighted by atomic mass is 19.4. The number of alkyl halides is 3. The predicted molar refractivity (Wildman–Crippen MR) is 140 cm³/mol. The maximum absolute atomic E-state index is 13.4. The fraction of sp³-hybridized carbons (Fsp3) is 0.161. The molecule has 0 saturated carbocycles. The quantitative estimate of drug-likeness (QED) is 0.225. The van der Waals surface area contributed by atoms with E-state index in [1.54, 1.807) is 13.2 Å². The van der Waals surface area contributed by atoms with E-state index in [0.717, 1.165) is 38.7 Å². The zero-order chi connectivity index (χ0) is 26.0. The molecule has 5 aromatic rings. The number of rotatable bonds is 7. The molecule has 0 aliphatic carbocycles. The van der Waals surface area contributed by atoms with Gasteiger partial charge in [-0.2, -0.15) is 0 Å². The van der Waals surface area contributed by atoms with Crippen molar-refractivity contribution in [2.75, 3.05) is 7.11 Å². The molecular weight excluding hydrogens is 475 g/mol. The third-order valence-corrected chi connectivity index (χ3v) is 6.60. The van der Waals surface area contributed by atoms with Gasteiger partial charge in [0.25, 0.3) is 0 Å². The SMILES string of the molecule is COc1ccc2c(c1)c(Cc1c(OC(F)(F)F)ccc(-c3ccccc3)c1C)cn2Cc1ccccc1. The Bertz CT molecular complexity index is 1520. The molecule has 0 unspecified atom stereocenters. The zero-order valence-corrected chi connectivity index (χ0v) is 20.5. The van der Waals surface area contributed by atoms with Crippen molar-refractivity contribution >= 4 is 10.9 Å². The minimum atomic E-state index is -4.79. The van der Waals surface area contributed by atoms with Crippen molar-refractivity contribution in [3.8, 4) is 22.6 Å². The Morgan fingerprint density at radius 2 is 1.54 bits per heavy atom. The van der Waals surface area contributed by atoms with Gasteiger partial charge in [-0.1, -0.05) is 66.7 Å². The number of fused-ring (bicyclic) bond motifs is 1. The normalized spacial score (nSPS) is 11.6. The van der Waals surface area contributed by atoms with Gasteiger partial charge in [-0.3, -0.25) is 0 Å². The monoisotopic (exact) mass is 501 g/mol. The van der Waals surface area contributed by atoms with Crippen LogP contribution >= 0.6 is 0 Å². The molecule has 0 saturated heterocycles. The molecule has 0 atom stereocenters. The van der Waals surface area contributed by atoms with E-state index in [9.17, 15) is 13.2 Å². The topological polar surface area (TPSA) is 23.4 Å². The average molecular weight is 502 g/mol. The van der Waals surface area contributed by atoms with Gasteiger partial charge in [0, 0.05) is 35.6 Å². The number of benzene rings is 4. The van der Waals surface area contributed by atoms with Crippen LogP contribution in [0.3, 0.4) is 0 Å². The first-order chi connectivity index (χ1) is 17.8. The fourth-order valence-corrected chi connectivity index (χ4v) is 4.82. The van der Waals surface area contributed by atoms with E-state index >= 15 is 0 Å². The van der Waals surface area contributed by atoms with E-state index in [4.69, 9.17) is 4.74 Å². The van der Waals surface area contributed by atoms with Crippen LogP contribution in [-0.4, -0.2) is 18.0 Å². The van der Waals surface area contributed by atoms with Crippen LogP contribution in [0.4, 0.5) is 13.2 Å². The molecule has 3 nitrogen and oxygen atoms in total. The standard InChI is InChI=1S/C31H26F3NO2/c1-21-26(23-11-7-4-8-12-23)14-16-30(37-31(32,33)34)27(21)17-24-20-35(19-22-9-5-3-6-10-22)29-15-13-25(36-2)18-28(24)29/h3-16,18,20H,17,19H2,1-2H3. The molecule has 0 aliphatic heterocycles. The second-order valence-corrected chi connectivity index (χ2v) is 8.96. The summed E-state index contributed by atoms with van der Waals surface area (Å²) >= 11 is 0. The number of methoxy groups -OCH3 is 1. The van der Waals surface area contributed by atoms with Crippen LogP contribution in [0.1, 0.15) is 22.3 Å². The lowest BCUT2D eigenvalue weighted by Gasteiger charge is -2.18. The van der Waals surface area contributed by atoms with Crippen molar-refractivity contribution in [3.63, 3.8) is 0 Å². The highest BCUT2D eigenvalue weighted by Crippen LogP contribution is 2.38. The minimum absolute atomic E-state index is 0.184. The summed E-state index contributed by atoms with van der Waals surface area (Å²) in [6.07, 6.45) is -2.51. The van der Waals surface area contributed by atoms with Crippen LogP contribution in [0.5, 0.6) is 11.5 Å². The Balaban J connectivity index is 1.65. The van der Waals surface area contributed by atoms with Crippen LogP contribution in [0.15, 0.2) is 97.2 Å². The van der Waals surface area contributed by atoms with Gasteiger partial charge in [0.05, 0.1) is 7.11 Å². The van der Waals surface area contributed by atoms with Crippen molar-refractivity contribution in [2.24, 2.45) is 0 Å². The number of aromatic nitrogens is 1. The Hall–Kier alpha value is -4.19. The summed E-state index contributed by atoms with van der Waals surface area (Å²) < 4.78 is 52.2. The molecule has 0 spiro atoms. The van der Waals surface area contributed by atoms with E-state index in [1.807, 2.05) is 79.9 Å². The molecule has 0 fully saturated rings. The smallest absolute Gasteiger partial charge is 0.497 e. The third-order valence-electron chi connectivity index (χ3n) is 6.60. The molecule has 0 radical (unpaired) electrons. The van der Waals surface area contributed by atoms with E-state index in [-0.39, 0.29) is 12.2 Å². The van der Waals surface area contributed by atoms with Crippen molar-refractivity contribution in [3.05, 3.63) is 119 Å². The average Bonchev–Trinajstić information content (AvgIpc) is 3.22. The molecule has 0 N–H and O–H groups in total. The molecule has 0 bridgehead atoms. The maximum atomic E-state index is 13.4. The van der Waals surface area contributed by atoms with Crippen LogP contribution in [0.2, 0.25) is 0 Å². The molecule has 0 aliphatic rings. The molecule has 6 heteroatoms. The van der Waals surface area contributed by atoms with Crippen LogP contribution in [0, 0.1) is 6.92 Å². The second-order valence-electron chi connectivity index (χ2n) is 8.96. The van der Waals surface area contributed by atoms with Gasteiger partial charge in [-0.25, -0.2) is 0 Å². The van der Waals surface area contributed by atoms with Crippen molar-refractivity contribution in [1.82, 2.24) is 4.57 Å². The first kappa shape index (κ1) is 24.5. The Morgan fingerprint density at radius 1 is 0.838 bits per heavy atom. The second kappa shape index (κ2) is 10.1. The molecule has 4 aromatic carbocycles. The molecule has 188 valence electrons. The number of hydrogen-bond acceptors (Lipinski definition) is 2. The van der Waals surface area contributed by atoms with Gasteiger partial charge in [0.2, 0.25) is 0 Å². The van der Waals surface area contributed by atoms with Crippen molar-refractivity contribution in [2.45, 2.75) is 26.3 Å². The summed E-state index contributed by atoms with van der Waals surface area (Å²) in [7, 11) is 1.60. The highest BCUT2D eigenvalue weighted by molar-refractivity contribution is 5.86. The summed E-state index contributed by atoms with van der Waals surface area (Å²) in [6, 6.07) is 28.6. The summed E-state index contributed by atoms with van der Waals surface area (Å²) in [4.78, 5) is 0.